The first-order chi connectivity index (χ1) is 8.95. The zero-order valence-electron chi connectivity index (χ0n) is 12.3. The molecule has 0 rings (SSSR count). The van der Waals surface area contributed by atoms with Gasteiger partial charge in [-0.3, -0.25) is 0 Å². The van der Waals surface area contributed by atoms with Gasteiger partial charge in [0.15, 0.2) is 0 Å². The Bertz CT molecular complexity index is 233. The molecule has 5 heteroatoms. The molecule has 0 aliphatic heterocycles. The molecular weight excluding hydrogens is 268 g/mol. The van der Waals surface area contributed by atoms with Crippen LogP contribution in [0.2, 0.25) is 0 Å². The highest BCUT2D eigenvalue weighted by atomic mass is 35.5. The monoisotopic (exact) mass is 294 g/mol. The molecule has 0 saturated carbocycles. The lowest BCUT2D eigenvalue weighted by Gasteiger charge is -2.18. The predicted molar refractivity (Wildman–Crippen MR) is 77.5 cm³/mol. The minimum absolute atomic E-state index is 0.0143. The fourth-order valence-corrected chi connectivity index (χ4v) is 1.28. The van der Waals surface area contributed by atoms with Crippen molar-refractivity contribution in [2.75, 3.05) is 19.8 Å². The lowest BCUT2D eigenvalue weighted by Crippen LogP contribution is -2.25. The SMILES string of the molecule is CC(Cl)CC=COC(C)COC(C)COC(C)CO. The molecule has 0 aromatic carbocycles. The van der Waals surface area contributed by atoms with Crippen molar-refractivity contribution in [3.05, 3.63) is 12.3 Å². The molecule has 0 saturated heterocycles. The highest BCUT2D eigenvalue weighted by molar-refractivity contribution is 6.20. The molecule has 19 heavy (non-hydrogen) atoms. The van der Waals surface area contributed by atoms with E-state index in [2.05, 4.69) is 0 Å². The van der Waals surface area contributed by atoms with E-state index in [1.165, 1.54) is 0 Å². The van der Waals surface area contributed by atoms with Crippen molar-refractivity contribution in [1.82, 2.24) is 0 Å². The van der Waals surface area contributed by atoms with Crippen LogP contribution in [0.25, 0.3) is 0 Å². The van der Waals surface area contributed by atoms with Crippen LogP contribution < -0.4 is 0 Å². The fraction of sp³-hybridized carbons (Fsp3) is 0.857. The van der Waals surface area contributed by atoms with E-state index in [4.69, 9.17) is 30.9 Å². The Balaban J connectivity index is 3.60. The van der Waals surface area contributed by atoms with Gasteiger partial charge < -0.3 is 19.3 Å². The molecular formula is C14H27ClO4. The number of allylic oxidation sites excluding steroid dienone is 1. The summed E-state index contributed by atoms with van der Waals surface area (Å²) in [6, 6.07) is 0. The fourth-order valence-electron chi connectivity index (χ4n) is 1.17. The Morgan fingerprint density at radius 1 is 1.00 bits per heavy atom. The van der Waals surface area contributed by atoms with E-state index in [0.717, 1.165) is 6.42 Å². The van der Waals surface area contributed by atoms with Crippen LogP contribution in [-0.4, -0.2) is 48.6 Å². The minimum Gasteiger partial charge on any atom is -0.496 e. The van der Waals surface area contributed by atoms with Crippen LogP contribution in [0.1, 0.15) is 34.1 Å². The van der Waals surface area contributed by atoms with Crippen LogP contribution >= 0.6 is 11.6 Å². The summed E-state index contributed by atoms with van der Waals surface area (Å²) < 4.78 is 16.4. The maximum atomic E-state index is 8.82. The van der Waals surface area contributed by atoms with Crippen LogP contribution in [0.4, 0.5) is 0 Å². The summed E-state index contributed by atoms with van der Waals surface area (Å²) in [5.41, 5.74) is 0. The quantitative estimate of drug-likeness (QED) is 0.470. The van der Waals surface area contributed by atoms with E-state index in [9.17, 15) is 0 Å². The van der Waals surface area contributed by atoms with Crippen molar-refractivity contribution in [3.63, 3.8) is 0 Å². The van der Waals surface area contributed by atoms with Crippen LogP contribution in [0.3, 0.4) is 0 Å². The molecule has 114 valence electrons. The summed E-state index contributed by atoms with van der Waals surface area (Å²) in [7, 11) is 0. The molecule has 1 N–H and O–H groups in total. The molecule has 0 heterocycles. The average molecular weight is 295 g/mol. The molecule has 0 fully saturated rings. The Morgan fingerprint density at radius 3 is 2.16 bits per heavy atom. The normalized spacial score (nSPS) is 18.2. The van der Waals surface area contributed by atoms with E-state index < -0.39 is 0 Å². The maximum Gasteiger partial charge on any atom is 0.118 e. The first kappa shape index (κ1) is 18.7. The molecule has 0 radical (unpaired) electrons. The number of aliphatic hydroxyl groups is 1. The Hall–Kier alpha value is -0.290. The average Bonchev–Trinajstić information content (AvgIpc) is 2.38. The third-order valence-corrected chi connectivity index (χ3v) is 2.53. The topological polar surface area (TPSA) is 47.9 Å². The number of aliphatic hydroxyl groups excluding tert-OH is 1. The number of halogens is 1. The van der Waals surface area contributed by atoms with Gasteiger partial charge in [-0.15, -0.1) is 11.6 Å². The van der Waals surface area contributed by atoms with Gasteiger partial charge in [0.05, 0.1) is 38.3 Å². The van der Waals surface area contributed by atoms with Crippen molar-refractivity contribution in [1.29, 1.82) is 0 Å². The lowest BCUT2D eigenvalue weighted by molar-refractivity contribution is -0.0636. The summed E-state index contributed by atoms with van der Waals surface area (Å²) in [4.78, 5) is 0. The smallest absolute Gasteiger partial charge is 0.118 e. The zero-order chi connectivity index (χ0) is 14.7. The van der Waals surface area contributed by atoms with Crippen LogP contribution in [0, 0.1) is 0 Å². The first-order valence-electron chi connectivity index (χ1n) is 6.74. The van der Waals surface area contributed by atoms with Gasteiger partial charge in [0.2, 0.25) is 0 Å². The van der Waals surface area contributed by atoms with Gasteiger partial charge in [0, 0.05) is 5.38 Å². The van der Waals surface area contributed by atoms with E-state index in [-0.39, 0.29) is 30.3 Å². The third-order valence-electron chi connectivity index (χ3n) is 2.36. The van der Waals surface area contributed by atoms with Gasteiger partial charge in [0.1, 0.15) is 6.10 Å². The second kappa shape index (κ2) is 11.5. The number of alkyl halides is 1. The van der Waals surface area contributed by atoms with Crippen molar-refractivity contribution in [2.45, 2.75) is 57.8 Å². The second-order valence-corrected chi connectivity index (χ2v) is 5.55. The molecule has 4 atom stereocenters. The zero-order valence-corrected chi connectivity index (χ0v) is 13.1. The van der Waals surface area contributed by atoms with Crippen LogP contribution in [0.15, 0.2) is 12.3 Å². The molecule has 0 aromatic rings. The van der Waals surface area contributed by atoms with Crippen molar-refractivity contribution >= 4 is 11.6 Å². The molecule has 0 spiro atoms. The minimum atomic E-state index is -0.153. The summed E-state index contributed by atoms with van der Waals surface area (Å²) in [5, 5.41) is 8.94. The number of hydrogen-bond donors (Lipinski definition) is 1. The van der Waals surface area contributed by atoms with E-state index in [1.807, 2.05) is 33.8 Å². The summed E-state index contributed by atoms with van der Waals surface area (Å²) in [6.07, 6.45) is 4.18. The Labute approximate surface area is 121 Å². The standard InChI is InChI=1S/C14H27ClO4/c1-11(15)6-5-7-17-13(3)9-19-14(4)10-18-12(2)8-16/h5,7,11-14,16H,6,8-10H2,1-4H3. The van der Waals surface area contributed by atoms with Crippen molar-refractivity contribution < 1.29 is 19.3 Å². The first-order valence-corrected chi connectivity index (χ1v) is 7.18. The maximum absolute atomic E-state index is 8.82. The van der Waals surface area contributed by atoms with Gasteiger partial charge in [-0.25, -0.2) is 0 Å². The Morgan fingerprint density at radius 2 is 1.58 bits per heavy atom. The Kier molecular flexibility index (Phi) is 11.4. The van der Waals surface area contributed by atoms with Gasteiger partial charge in [-0.05, 0) is 40.2 Å². The van der Waals surface area contributed by atoms with Crippen molar-refractivity contribution in [3.8, 4) is 0 Å². The number of ether oxygens (including phenoxy) is 3. The van der Waals surface area contributed by atoms with E-state index in [0.29, 0.717) is 13.2 Å². The van der Waals surface area contributed by atoms with Gasteiger partial charge in [0.25, 0.3) is 0 Å². The van der Waals surface area contributed by atoms with Gasteiger partial charge in [-0.1, -0.05) is 0 Å². The van der Waals surface area contributed by atoms with E-state index in [1.54, 1.807) is 6.26 Å². The largest absolute Gasteiger partial charge is 0.496 e. The predicted octanol–water partition coefficient (Wildman–Crippen LogP) is 2.73. The molecule has 4 nitrogen and oxygen atoms in total. The molecule has 0 aromatic heterocycles. The highest BCUT2D eigenvalue weighted by Crippen LogP contribution is 2.03. The summed E-state index contributed by atoms with van der Waals surface area (Å²) in [5.74, 6) is 0. The molecule has 0 amide bonds. The molecule has 4 unspecified atom stereocenters. The van der Waals surface area contributed by atoms with Crippen molar-refractivity contribution in [2.24, 2.45) is 0 Å². The van der Waals surface area contributed by atoms with Crippen LogP contribution in [0.5, 0.6) is 0 Å². The lowest BCUT2D eigenvalue weighted by atomic mass is 10.3. The van der Waals surface area contributed by atoms with Crippen LogP contribution in [-0.2, 0) is 14.2 Å². The number of rotatable bonds is 11. The van der Waals surface area contributed by atoms with E-state index >= 15 is 0 Å². The molecule has 0 aliphatic carbocycles. The summed E-state index contributed by atoms with van der Waals surface area (Å²) in [6.45, 7) is 8.62. The number of hydrogen-bond acceptors (Lipinski definition) is 4. The third kappa shape index (κ3) is 12.5. The summed E-state index contributed by atoms with van der Waals surface area (Å²) >= 11 is 5.80. The van der Waals surface area contributed by atoms with Gasteiger partial charge in [-0.2, -0.15) is 0 Å². The molecule has 0 bridgehead atoms. The van der Waals surface area contributed by atoms with Gasteiger partial charge >= 0.3 is 0 Å². The highest BCUT2D eigenvalue weighted by Gasteiger charge is 2.08. The molecule has 0 aliphatic rings. The second-order valence-electron chi connectivity index (χ2n) is 4.81.